The molecule has 2 aromatic heterocycles. The molecule has 0 bridgehead atoms. The summed E-state index contributed by atoms with van der Waals surface area (Å²) in [7, 11) is 0. The minimum Gasteiger partial charge on any atom is -0.490 e. The van der Waals surface area contributed by atoms with Crippen molar-refractivity contribution in [3.63, 3.8) is 0 Å². The highest BCUT2D eigenvalue weighted by Crippen LogP contribution is 2.39. The second-order valence-corrected chi connectivity index (χ2v) is 14.3. The Morgan fingerprint density at radius 2 is 1.58 bits per heavy atom. The summed E-state index contributed by atoms with van der Waals surface area (Å²) in [5, 5.41) is 11.8. The van der Waals surface area contributed by atoms with Crippen LogP contribution in [0.2, 0.25) is 0 Å². The maximum absolute atomic E-state index is 13.2. The molecule has 352 valence electrons. The largest absolute Gasteiger partial charge is 0.490 e. The molecule has 0 fully saturated rings. The second kappa shape index (κ2) is 32.5. The molecule has 14 heteroatoms. The van der Waals surface area contributed by atoms with E-state index in [9.17, 15) is 19.2 Å². The summed E-state index contributed by atoms with van der Waals surface area (Å²) in [6.45, 7) is 27.7. The molecule has 2 aromatic carbocycles. The summed E-state index contributed by atoms with van der Waals surface area (Å²) in [6.07, 6.45) is 3.70. The number of amides is 4. The zero-order valence-electron chi connectivity index (χ0n) is 40.6. The van der Waals surface area contributed by atoms with Crippen molar-refractivity contribution in [2.24, 2.45) is 0 Å². The van der Waals surface area contributed by atoms with Gasteiger partial charge < -0.3 is 18.9 Å². The first-order valence-corrected chi connectivity index (χ1v) is 23.7. The molecule has 6 rings (SSSR count). The van der Waals surface area contributed by atoms with E-state index < -0.39 is 23.8 Å². The molecule has 13 nitrogen and oxygen atoms in total. The lowest BCUT2D eigenvalue weighted by atomic mass is 10.0. The van der Waals surface area contributed by atoms with E-state index in [2.05, 4.69) is 57.9 Å². The summed E-state index contributed by atoms with van der Waals surface area (Å²) >= 11 is 1.61. The predicted octanol–water partition coefficient (Wildman–Crippen LogP) is 10.2. The Bertz CT molecular complexity index is 2050. The van der Waals surface area contributed by atoms with Crippen molar-refractivity contribution in [2.75, 3.05) is 33.0 Å². The Morgan fingerprint density at radius 1 is 0.922 bits per heavy atom. The quantitative estimate of drug-likeness (QED) is 0.0498. The van der Waals surface area contributed by atoms with E-state index in [0.29, 0.717) is 26.2 Å². The lowest BCUT2D eigenvalue weighted by molar-refractivity contribution is -0.125. The topological polar surface area (TPSA) is 151 Å². The highest BCUT2D eigenvalue weighted by Gasteiger charge is 2.40. The highest BCUT2D eigenvalue weighted by molar-refractivity contribution is 7.15. The maximum Gasteiger partial charge on any atom is 0.265 e. The van der Waals surface area contributed by atoms with Crippen LogP contribution in [-0.4, -0.2) is 82.9 Å². The monoisotopic (exact) mass is 904 g/mol. The number of ether oxygens (including phenoxy) is 4. The number of hydrogen-bond acceptors (Lipinski definition) is 11. The van der Waals surface area contributed by atoms with Gasteiger partial charge in [0.15, 0.2) is 5.82 Å². The summed E-state index contributed by atoms with van der Waals surface area (Å²) in [5.74, 6) is 6.95. The third-order valence-corrected chi connectivity index (χ3v) is 10.5. The van der Waals surface area contributed by atoms with Gasteiger partial charge in [-0.05, 0) is 56.9 Å². The van der Waals surface area contributed by atoms with Crippen LogP contribution in [0.5, 0.6) is 5.75 Å². The first-order chi connectivity index (χ1) is 31.2. The fourth-order valence-corrected chi connectivity index (χ4v) is 7.41. The molecule has 4 amide bonds. The van der Waals surface area contributed by atoms with Crippen LogP contribution < -0.4 is 10.1 Å². The SMILES string of the molecule is CC.CC.CC.CC.CCCC.Cc1nnc2n1-c1sc(C#CCOCCOCCOc3cccc4c3C(=O)N(C(C)CCC(=O)NC=O)C4=O)c(Cc3ccccc3)c1CO[C@H]2C. The molecule has 4 heterocycles. The van der Waals surface area contributed by atoms with Crippen molar-refractivity contribution < 1.29 is 38.1 Å². The molecule has 0 spiro atoms. The van der Waals surface area contributed by atoms with Crippen LogP contribution in [0, 0.1) is 18.8 Å². The van der Waals surface area contributed by atoms with Gasteiger partial charge in [0, 0.05) is 18.0 Å². The molecule has 4 aromatic rings. The van der Waals surface area contributed by atoms with Gasteiger partial charge in [0.1, 0.15) is 35.9 Å². The Labute approximate surface area is 386 Å². The van der Waals surface area contributed by atoms with E-state index in [0.717, 1.165) is 44.0 Å². The number of thiophene rings is 1. The van der Waals surface area contributed by atoms with E-state index in [1.54, 1.807) is 36.5 Å². The van der Waals surface area contributed by atoms with Gasteiger partial charge in [-0.1, -0.05) is 130 Å². The zero-order chi connectivity index (χ0) is 48.0. The molecular formula is C50H73N5O8S. The minimum atomic E-state index is -0.548. The number of aromatic nitrogens is 3. The average Bonchev–Trinajstić information content (AvgIpc) is 3.94. The van der Waals surface area contributed by atoms with Crippen LogP contribution in [-0.2, 0) is 36.8 Å². The number of fused-ring (bicyclic) bond motifs is 4. The van der Waals surface area contributed by atoms with Crippen molar-refractivity contribution in [3.8, 4) is 22.6 Å². The predicted molar refractivity (Wildman–Crippen MR) is 256 cm³/mol. The number of carbonyl (C=O) groups is 4. The van der Waals surface area contributed by atoms with E-state index in [1.165, 1.54) is 18.4 Å². The van der Waals surface area contributed by atoms with Crippen LogP contribution >= 0.6 is 11.3 Å². The molecule has 1 unspecified atom stereocenters. The molecule has 0 radical (unpaired) electrons. The van der Waals surface area contributed by atoms with Crippen molar-refractivity contribution in [2.45, 2.75) is 141 Å². The van der Waals surface area contributed by atoms with E-state index >= 15 is 0 Å². The van der Waals surface area contributed by atoms with Gasteiger partial charge in [0.25, 0.3) is 11.8 Å². The molecule has 2 atom stereocenters. The molecule has 2 aliphatic heterocycles. The summed E-state index contributed by atoms with van der Waals surface area (Å²) in [5.41, 5.74) is 3.85. The molecule has 0 aliphatic carbocycles. The first-order valence-electron chi connectivity index (χ1n) is 22.9. The smallest absolute Gasteiger partial charge is 0.265 e. The summed E-state index contributed by atoms with van der Waals surface area (Å²) in [6, 6.07) is 14.6. The van der Waals surface area contributed by atoms with Gasteiger partial charge in [-0.15, -0.1) is 21.5 Å². The second-order valence-electron chi connectivity index (χ2n) is 13.3. The third kappa shape index (κ3) is 16.1. The number of carbonyl (C=O) groups excluding carboxylic acids is 4. The van der Waals surface area contributed by atoms with Gasteiger partial charge in [0.2, 0.25) is 12.3 Å². The van der Waals surface area contributed by atoms with Crippen molar-refractivity contribution in [3.05, 3.63) is 92.9 Å². The van der Waals surface area contributed by atoms with Gasteiger partial charge in [-0.3, -0.25) is 34.0 Å². The van der Waals surface area contributed by atoms with Gasteiger partial charge in [-0.25, -0.2) is 0 Å². The van der Waals surface area contributed by atoms with Crippen LogP contribution in [0.1, 0.15) is 169 Å². The van der Waals surface area contributed by atoms with Gasteiger partial charge in [-0.2, -0.15) is 0 Å². The van der Waals surface area contributed by atoms with Crippen LogP contribution in [0.25, 0.3) is 5.00 Å². The van der Waals surface area contributed by atoms with Crippen molar-refractivity contribution in [1.82, 2.24) is 25.0 Å². The molecule has 2 aliphatic rings. The lowest BCUT2D eigenvalue weighted by Crippen LogP contribution is -2.38. The number of nitrogens with zero attached hydrogens (tertiary/aromatic N) is 4. The Kier molecular flexibility index (Phi) is 28.8. The van der Waals surface area contributed by atoms with Gasteiger partial charge in [0.05, 0.1) is 42.4 Å². The Hall–Kier alpha value is -5.20. The Balaban J connectivity index is 0.00000156. The number of nitrogens with one attached hydrogen (secondary N) is 1. The zero-order valence-corrected chi connectivity index (χ0v) is 41.4. The number of hydrogen-bond donors (Lipinski definition) is 1. The number of rotatable bonds is 16. The maximum atomic E-state index is 13.2. The molecule has 0 saturated heterocycles. The molecule has 0 saturated carbocycles. The number of aryl methyl sites for hydroxylation is 1. The standard InChI is InChI=1S/C38H39N5O8S.C4H10.4C2H6/c1-24(14-15-33(45)39-23-44)42-36(46)28-11-7-12-31(34(28)37(42)47)50-20-19-49-18-17-48-16-8-13-32-29(21-27-9-5-4-6-10-27)30-22-51-25(2)35-41-40-26(3)43(35)38(30)52-32;1-3-4-2;4*1-2/h4-7,9-12,23-25H,14-22H2,1-3H3,(H,39,44,45);3-4H2,1-2H3;4*1-2H3/t24?,25-;;;;;/m0...../s1. The summed E-state index contributed by atoms with van der Waals surface area (Å²) in [4.78, 5) is 50.5. The van der Waals surface area contributed by atoms with Crippen LogP contribution in [0.3, 0.4) is 0 Å². The molecule has 1 N–H and O–H groups in total. The molecular weight excluding hydrogens is 831 g/mol. The fourth-order valence-electron chi connectivity index (χ4n) is 6.15. The molecule has 64 heavy (non-hydrogen) atoms. The minimum absolute atomic E-state index is 0.00291. The summed E-state index contributed by atoms with van der Waals surface area (Å²) < 4.78 is 25.5. The van der Waals surface area contributed by atoms with E-state index in [4.69, 9.17) is 18.9 Å². The normalized spacial score (nSPS) is 13.2. The average molecular weight is 904 g/mol. The Morgan fingerprint density at radius 3 is 2.23 bits per heavy atom. The van der Waals surface area contributed by atoms with Crippen LogP contribution in [0.15, 0.2) is 48.5 Å². The highest BCUT2D eigenvalue weighted by atomic mass is 32.1. The lowest BCUT2D eigenvalue weighted by Gasteiger charge is -2.22. The number of unbranched alkanes of at least 4 members (excludes halogenated alkanes) is 1. The number of benzene rings is 2. The third-order valence-electron chi connectivity index (χ3n) is 9.30. The number of imide groups is 2. The van der Waals surface area contributed by atoms with E-state index in [-0.39, 0.29) is 55.6 Å². The fraction of sp³-hybridized carbons (Fsp3) is 0.520. The van der Waals surface area contributed by atoms with Crippen molar-refractivity contribution >= 4 is 35.5 Å². The van der Waals surface area contributed by atoms with Crippen LogP contribution in [0.4, 0.5) is 0 Å². The first kappa shape index (κ1) is 56.8. The van der Waals surface area contributed by atoms with Gasteiger partial charge >= 0.3 is 0 Å². The van der Waals surface area contributed by atoms with E-state index in [1.807, 2.05) is 87.4 Å². The van der Waals surface area contributed by atoms with Crippen molar-refractivity contribution in [1.29, 1.82) is 0 Å².